The van der Waals surface area contributed by atoms with Crippen molar-refractivity contribution in [3.8, 4) is 0 Å². The van der Waals surface area contributed by atoms with E-state index in [1.165, 1.54) is 5.56 Å². The van der Waals surface area contributed by atoms with Gasteiger partial charge in [-0.15, -0.1) is 0 Å². The minimum atomic E-state index is 0.698. The maximum atomic E-state index is 6.30. The molecule has 0 spiro atoms. The highest BCUT2D eigenvalue weighted by Gasteiger charge is 2.10. The maximum Gasteiger partial charge on any atom is 0.134 e. The highest BCUT2D eigenvalue weighted by atomic mass is 35.5. The van der Waals surface area contributed by atoms with E-state index in [1.807, 2.05) is 36.4 Å². The summed E-state index contributed by atoms with van der Waals surface area (Å²) in [6, 6.07) is 13.9. The summed E-state index contributed by atoms with van der Waals surface area (Å²) in [7, 11) is 0. The summed E-state index contributed by atoms with van der Waals surface area (Å²) in [5, 5.41) is 5.01. The Bertz CT molecular complexity index is 804. The molecule has 2 nitrogen and oxygen atoms in total. The molecule has 21 heavy (non-hydrogen) atoms. The van der Waals surface area contributed by atoms with Crippen molar-refractivity contribution < 1.29 is 4.42 Å². The van der Waals surface area contributed by atoms with Crippen molar-refractivity contribution in [2.24, 2.45) is 0 Å². The highest BCUT2D eigenvalue weighted by Crippen LogP contribution is 2.30. The Labute approximate surface area is 129 Å². The first kappa shape index (κ1) is 13.8. The van der Waals surface area contributed by atoms with E-state index >= 15 is 0 Å². The van der Waals surface area contributed by atoms with Gasteiger partial charge in [-0.3, -0.25) is 0 Å². The first-order chi connectivity index (χ1) is 10.2. The second kappa shape index (κ2) is 5.66. The monoisotopic (exact) mass is 297 g/mol. The van der Waals surface area contributed by atoms with Crippen molar-refractivity contribution in [3.63, 3.8) is 0 Å². The van der Waals surface area contributed by atoms with E-state index in [-0.39, 0.29) is 0 Å². The summed E-state index contributed by atoms with van der Waals surface area (Å²) < 4.78 is 5.54. The van der Waals surface area contributed by atoms with E-state index in [0.29, 0.717) is 5.02 Å². The van der Waals surface area contributed by atoms with Gasteiger partial charge in [-0.2, -0.15) is 0 Å². The lowest BCUT2D eigenvalue weighted by atomic mass is 10.1. The maximum absolute atomic E-state index is 6.30. The molecule has 0 unspecified atom stereocenters. The van der Waals surface area contributed by atoms with Crippen LogP contribution in [-0.2, 0) is 6.42 Å². The molecule has 3 rings (SSSR count). The second-order valence-corrected chi connectivity index (χ2v) is 5.32. The van der Waals surface area contributed by atoms with E-state index in [1.54, 1.807) is 6.26 Å². The van der Waals surface area contributed by atoms with Crippen molar-refractivity contribution >= 4 is 34.0 Å². The molecule has 1 heterocycles. The van der Waals surface area contributed by atoms with Crippen LogP contribution in [0, 0.1) is 0 Å². The average Bonchev–Trinajstić information content (AvgIpc) is 2.93. The van der Waals surface area contributed by atoms with Crippen LogP contribution in [0.15, 0.2) is 59.7 Å². The molecular formula is C18H16ClNO. The van der Waals surface area contributed by atoms with E-state index in [4.69, 9.17) is 16.0 Å². The van der Waals surface area contributed by atoms with Crippen LogP contribution in [0.2, 0.25) is 5.02 Å². The Morgan fingerprint density at radius 1 is 1.24 bits per heavy atom. The Morgan fingerprint density at radius 2 is 2.05 bits per heavy atom. The number of rotatable bonds is 4. The largest absolute Gasteiger partial charge is 0.464 e. The number of hydrogen-bond donors (Lipinski definition) is 1. The molecule has 0 aliphatic carbocycles. The van der Waals surface area contributed by atoms with Crippen LogP contribution in [0.3, 0.4) is 0 Å². The number of furan rings is 1. The Morgan fingerprint density at radius 3 is 2.81 bits per heavy atom. The smallest absolute Gasteiger partial charge is 0.134 e. The molecule has 0 aliphatic rings. The summed E-state index contributed by atoms with van der Waals surface area (Å²) in [4.78, 5) is 0. The summed E-state index contributed by atoms with van der Waals surface area (Å²) in [6.45, 7) is 6.20. The number of halogens is 1. The summed E-state index contributed by atoms with van der Waals surface area (Å²) in [5.74, 6) is 0. The zero-order valence-corrected chi connectivity index (χ0v) is 12.6. The van der Waals surface area contributed by atoms with Crippen molar-refractivity contribution in [3.05, 3.63) is 71.5 Å². The van der Waals surface area contributed by atoms with Gasteiger partial charge in [-0.05, 0) is 30.2 Å². The third-order valence-electron chi connectivity index (χ3n) is 3.53. The van der Waals surface area contributed by atoms with Crippen molar-refractivity contribution in [1.29, 1.82) is 0 Å². The number of para-hydroxylation sites is 1. The molecule has 0 saturated heterocycles. The van der Waals surface area contributed by atoms with Gasteiger partial charge in [0.1, 0.15) is 11.8 Å². The molecule has 1 N–H and O–H groups in total. The van der Waals surface area contributed by atoms with Crippen molar-refractivity contribution in [2.45, 2.75) is 13.3 Å². The van der Waals surface area contributed by atoms with Gasteiger partial charge in [0.25, 0.3) is 0 Å². The SMILES string of the molecule is C=C(Nc1ccc(CC)cc1Cl)c1coc2ccccc12. The molecule has 0 atom stereocenters. The normalized spacial score (nSPS) is 10.8. The number of hydrogen-bond acceptors (Lipinski definition) is 2. The van der Waals surface area contributed by atoms with Gasteiger partial charge >= 0.3 is 0 Å². The van der Waals surface area contributed by atoms with Crippen LogP contribution in [0.1, 0.15) is 18.1 Å². The lowest BCUT2D eigenvalue weighted by molar-refractivity contribution is 0.615. The molecule has 3 heteroatoms. The second-order valence-electron chi connectivity index (χ2n) is 4.92. The predicted octanol–water partition coefficient (Wildman–Crippen LogP) is 5.73. The van der Waals surface area contributed by atoms with Crippen LogP contribution in [0.25, 0.3) is 16.7 Å². The summed E-state index contributed by atoms with van der Waals surface area (Å²) >= 11 is 6.30. The van der Waals surface area contributed by atoms with E-state index in [0.717, 1.165) is 34.3 Å². The van der Waals surface area contributed by atoms with Crippen molar-refractivity contribution in [1.82, 2.24) is 0 Å². The molecule has 106 valence electrons. The molecule has 0 bridgehead atoms. The number of fused-ring (bicyclic) bond motifs is 1. The molecular weight excluding hydrogens is 282 g/mol. The van der Waals surface area contributed by atoms with E-state index < -0.39 is 0 Å². The van der Waals surface area contributed by atoms with Gasteiger partial charge in [0, 0.05) is 16.6 Å². The number of aryl methyl sites for hydroxylation is 1. The number of anilines is 1. The molecule has 0 saturated carbocycles. The van der Waals surface area contributed by atoms with Crippen LogP contribution in [0.5, 0.6) is 0 Å². The Kier molecular flexibility index (Phi) is 3.72. The van der Waals surface area contributed by atoms with Crippen LogP contribution in [-0.4, -0.2) is 0 Å². The van der Waals surface area contributed by atoms with Gasteiger partial charge in [0.2, 0.25) is 0 Å². The minimum absolute atomic E-state index is 0.698. The molecule has 3 aromatic rings. The summed E-state index contributed by atoms with van der Waals surface area (Å²) in [5.41, 5.74) is 4.63. The molecule has 1 aromatic heterocycles. The van der Waals surface area contributed by atoms with E-state index in [2.05, 4.69) is 24.9 Å². The molecule has 0 aliphatic heterocycles. The molecule has 0 radical (unpaired) electrons. The van der Waals surface area contributed by atoms with Gasteiger partial charge in [-0.1, -0.05) is 49.4 Å². The van der Waals surface area contributed by atoms with E-state index in [9.17, 15) is 0 Å². The number of nitrogens with one attached hydrogen (secondary N) is 1. The van der Waals surface area contributed by atoms with Crippen LogP contribution < -0.4 is 5.32 Å². The van der Waals surface area contributed by atoms with Gasteiger partial charge in [-0.25, -0.2) is 0 Å². The van der Waals surface area contributed by atoms with Crippen LogP contribution in [0.4, 0.5) is 5.69 Å². The first-order valence-electron chi connectivity index (χ1n) is 6.90. The van der Waals surface area contributed by atoms with Crippen LogP contribution >= 0.6 is 11.6 Å². The first-order valence-corrected chi connectivity index (χ1v) is 7.28. The predicted molar refractivity (Wildman–Crippen MR) is 89.7 cm³/mol. The van der Waals surface area contributed by atoms with Gasteiger partial charge in [0.05, 0.1) is 10.7 Å². The lowest BCUT2D eigenvalue weighted by Crippen LogP contribution is -1.97. The quantitative estimate of drug-likeness (QED) is 0.665. The fraction of sp³-hybridized carbons (Fsp3) is 0.111. The average molecular weight is 298 g/mol. The zero-order valence-electron chi connectivity index (χ0n) is 11.8. The topological polar surface area (TPSA) is 25.2 Å². The van der Waals surface area contributed by atoms with Gasteiger partial charge < -0.3 is 9.73 Å². The molecule has 0 fully saturated rings. The third kappa shape index (κ3) is 2.67. The lowest BCUT2D eigenvalue weighted by Gasteiger charge is -2.11. The minimum Gasteiger partial charge on any atom is -0.464 e. The molecule has 0 amide bonds. The van der Waals surface area contributed by atoms with Crippen molar-refractivity contribution in [2.75, 3.05) is 5.32 Å². The number of benzene rings is 2. The van der Waals surface area contributed by atoms with Gasteiger partial charge in [0.15, 0.2) is 0 Å². The Hall–Kier alpha value is -2.19. The fourth-order valence-electron chi connectivity index (χ4n) is 2.32. The zero-order chi connectivity index (χ0) is 14.8. The molecule has 2 aromatic carbocycles. The fourth-order valence-corrected chi connectivity index (χ4v) is 2.57. The standard InChI is InChI=1S/C18H16ClNO/c1-3-13-8-9-17(16(19)10-13)20-12(2)15-11-21-18-7-5-4-6-14(15)18/h4-11,20H,2-3H2,1H3. The Balaban J connectivity index is 1.90. The summed E-state index contributed by atoms with van der Waals surface area (Å²) in [6.07, 6.45) is 2.68. The highest BCUT2D eigenvalue weighted by molar-refractivity contribution is 6.33. The third-order valence-corrected chi connectivity index (χ3v) is 3.85.